The Kier molecular flexibility index (Phi) is 5.37. The van der Waals surface area contributed by atoms with E-state index in [0.29, 0.717) is 17.2 Å². The fourth-order valence-electron chi connectivity index (χ4n) is 1.77. The lowest BCUT2D eigenvalue weighted by atomic mass is 10.2. The summed E-state index contributed by atoms with van der Waals surface area (Å²) >= 11 is 0. The highest BCUT2D eigenvalue weighted by atomic mass is 16.5. The van der Waals surface area contributed by atoms with Crippen molar-refractivity contribution in [3.8, 4) is 11.5 Å². The summed E-state index contributed by atoms with van der Waals surface area (Å²) in [5.74, 6) is 1.29. The van der Waals surface area contributed by atoms with Crippen molar-refractivity contribution in [3.05, 3.63) is 54.1 Å². The number of para-hydroxylation sites is 1. The van der Waals surface area contributed by atoms with Crippen LogP contribution in [0.3, 0.4) is 0 Å². The van der Waals surface area contributed by atoms with E-state index in [1.807, 2.05) is 18.2 Å². The van der Waals surface area contributed by atoms with Gasteiger partial charge in [-0.1, -0.05) is 18.2 Å². The third kappa shape index (κ3) is 4.24. The van der Waals surface area contributed by atoms with Gasteiger partial charge in [-0.15, -0.1) is 0 Å². The summed E-state index contributed by atoms with van der Waals surface area (Å²) < 4.78 is 10.4. The Morgan fingerprint density at radius 1 is 1.09 bits per heavy atom. The van der Waals surface area contributed by atoms with Crippen molar-refractivity contribution < 1.29 is 14.3 Å². The number of anilines is 1. The molecule has 0 bridgehead atoms. The number of ether oxygens (including phenoxy) is 2. The summed E-state index contributed by atoms with van der Waals surface area (Å²) in [5.41, 5.74) is 3.81. The zero-order valence-electron chi connectivity index (χ0n) is 12.4. The minimum absolute atomic E-state index is 0.421. The van der Waals surface area contributed by atoms with Crippen molar-refractivity contribution in [1.82, 2.24) is 5.43 Å². The number of amides is 2. The molecule has 0 aliphatic carbocycles. The van der Waals surface area contributed by atoms with E-state index >= 15 is 0 Å². The number of urea groups is 1. The third-order valence-corrected chi connectivity index (χ3v) is 2.84. The Labute approximate surface area is 128 Å². The second kappa shape index (κ2) is 7.68. The van der Waals surface area contributed by atoms with Gasteiger partial charge in [-0.2, -0.15) is 5.10 Å². The third-order valence-electron chi connectivity index (χ3n) is 2.84. The highest BCUT2D eigenvalue weighted by Crippen LogP contribution is 2.22. The van der Waals surface area contributed by atoms with Crippen LogP contribution in [0.25, 0.3) is 0 Å². The van der Waals surface area contributed by atoms with Crippen molar-refractivity contribution in [2.24, 2.45) is 5.10 Å². The largest absolute Gasteiger partial charge is 0.497 e. The van der Waals surface area contributed by atoms with E-state index in [9.17, 15) is 4.79 Å². The monoisotopic (exact) mass is 299 g/mol. The van der Waals surface area contributed by atoms with E-state index in [0.717, 1.165) is 5.56 Å². The van der Waals surface area contributed by atoms with Gasteiger partial charge in [-0.25, -0.2) is 10.2 Å². The number of hydrazone groups is 1. The lowest BCUT2D eigenvalue weighted by Crippen LogP contribution is -2.24. The smallest absolute Gasteiger partial charge is 0.339 e. The summed E-state index contributed by atoms with van der Waals surface area (Å²) in [5, 5.41) is 6.55. The van der Waals surface area contributed by atoms with Gasteiger partial charge in [0.05, 0.1) is 20.4 Å². The number of nitrogens with one attached hydrogen (secondary N) is 2. The molecule has 2 rings (SSSR count). The van der Waals surface area contributed by atoms with Crippen LogP contribution in [0.1, 0.15) is 5.56 Å². The minimum Gasteiger partial charge on any atom is -0.497 e. The van der Waals surface area contributed by atoms with Crippen molar-refractivity contribution >= 4 is 17.9 Å². The molecule has 6 heteroatoms. The van der Waals surface area contributed by atoms with E-state index in [1.54, 1.807) is 44.6 Å². The van der Waals surface area contributed by atoms with E-state index in [1.165, 1.54) is 6.21 Å². The van der Waals surface area contributed by atoms with Crippen LogP contribution in [0.4, 0.5) is 10.5 Å². The minimum atomic E-state index is -0.421. The molecular formula is C16H17N3O3. The number of nitrogens with zero attached hydrogens (tertiary/aromatic N) is 1. The summed E-state index contributed by atoms with van der Waals surface area (Å²) in [6, 6.07) is 14.0. The lowest BCUT2D eigenvalue weighted by molar-refractivity contribution is 0.252. The maximum Gasteiger partial charge on any atom is 0.339 e. The zero-order valence-corrected chi connectivity index (χ0v) is 12.4. The van der Waals surface area contributed by atoms with Gasteiger partial charge >= 0.3 is 6.03 Å². The van der Waals surface area contributed by atoms with Crippen LogP contribution >= 0.6 is 0 Å². The van der Waals surface area contributed by atoms with E-state index in [-0.39, 0.29) is 0 Å². The van der Waals surface area contributed by atoms with Crippen molar-refractivity contribution in [2.75, 3.05) is 19.5 Å². The molecule has 0 heterocycles. The number of hydrogen-bond acceptors (Lipinski definition) is 4. The van der Waals surface area contributed by atoms with Gasteiger partial charge in [0, 0.05) is 17.3 Å². The summed E-state index contributed by atoms with van der Waals surface area (Å²) in [7, 11) is 3.14. The number of methoxy groups -OCH3 is 2. The fraction of sp³-hybridized carbons (Fsp3) is 0.125. The Morgan fingerprint density at radius 2 is 1.86 bits per heavy atom. The van der Waals surface area contributed by atoms with Crippen LogP contribution in [-0.4, -0.2) is 26.5 Å². The van der Waals surface area contributed by atoms with Crippen LogP contribution in [0.2, 0.25) is 0 Å². The number of carbonyl (C=O) groups excluding carboxylic acids is 1. The fourth-order valence-corrected chi connectivity index (χ4v) is 1.77. The standard InChI is InChI=1S/C16H17N3O3/c1-21-14-9-8-12(15(10-14)22-2)11-17-19-16(20)18-13-6-4-3-5-7-13/h3-11H,1-2H3,(H2,18,19,20). The Hall–Kier alpha value is -3.02. The molecule has 2 aromatic carbocycles. The van der Waals surface area contributed by atoms with Gasteiger partial charge in [-0.3, -0.25) is 0 Å². The maximum atomic E-state index is 11.7. The molecule has 2 N–H and O–H groups in total. The molecule has 114 valence electrons. The first-order valence-corrected chi connectivity index (χ1v) is 6.60. The predicted octanol–water partition coefficient (Wildman–Crippen LogP) is 2.86. The van der Waals surface area contributed by atoms with E-state index < -0.39 is 6.03 Å². The average molecular weight is 299 g/mol. The first-order valence-electron chi connectivity index (χ1n) is 6.60. The average Bonchev–Trinajstić information content (AvgIpc) is 2.56. The predicted molar refractivity (Wildman–Crippen MR) is 85.7 cm³/mol. The topological polar surface area (TPSA) is 72.0 Å². The molecule has 6 nitrogen and oxygen atoms in total. The van der Waals surface area contributed by atoms with Crippen LogP contribution in [0.5, 0.6) is 11.5 Å². The molecule has 0 radical (unpaired) electrons. The second-order valence-corrected chi connectivity index (χ2v) is 4.30. The van der Waals surface area contributed by atoms with Crippen molar-refractivity contribution in [1.29, 1.82) is 0 Å². The number of hydrogen-bond donors (Lipinski definition) is 2. The van der Waals surface area contributed by atoms with E-state index in [4.69, 9.17) is 9.47 Å². The molecule has 0 aliphatic rings. The van der Waals surface area contributed by atoms with Crippen LogP contribution in [-0.2, 0) is 0 Å². The van der Waals surface area contributed by atoms with Crippen LogP contribution in [0.15, 0.2) is 53.6 Å². The van der Waals surface area contributed by atoms with E-state index in [2.05, 4.69) is 15.8 Å². The first kappa shape index (κ1) is 15.4. The van der Waals surface area contributed by atoms with Gasteiger partial charge in [0.25, 0.3) is 0 Å². The lowest BCUT2D eigenvalue weighted by Gasteiger charge is -2.07. The van der Waals surface area contributed by atoms with Crippen LogP contribution < -0.4 is 20.2 Å². The molecule has 0 aromatic heterocycles. The van der Waals surface area contributed by atoms with Gasteiger partial charge in [0.2, 0.25) is 0 Å². The van der Waals surface area contributed by atoms with Gasteiger partial charge < -0.3 is 14.8 Å². The molecule has 0 spiro atoms. The van der Waals surface area contributed by atoms with Gasteiger partial charge in [-0.05, 0) is 24.3 Å². The number of rotatable bonds is 5. The van der Waals surface area contributed by atoms with Crippen molar-refractivity contribution in [2.45, 2.75) is 0 Å². The second-order valence-electron chi connectivity index (χ2n) is 4.30. The molecule has 0 aliphatic heterocycles. The Balaban J connectivity index is 1.96. The highest BCUT2D eigenvalue weighted by molar-refractivity contribution is 5.90. The molecular weight excluding hydrogens is 282 g/mol. The molecule has 0 saturated heterocycles. The Morgan fingerprint density at radius 3 is 2.55 bits per heavy atom. The zero-order chi connectivity index (χ0) is 15.8. The summed E-state index contributed by atoms with van der Waals surface area (Å²) in [6.07, 6.45) is 1.50. The summed E-state index contributed by atoms with van der Waals surface area (Å²) in [4.78, 5) is 11.7. The molecule has 0 unspecified atom stereocenters. The molecule has 0 fully saturated rings. The SMILES string of the molecule is COc1ccc(C=NNC(=O)Nc2ccccc2)c(OC)c1. The molecule has 2 amide bonds. The molecule has 0 atom stereocenters. The summed E-state index contributed by atoms with van der Waals surface area (Å²) in [6.45, 7) is 0. The highest BCUT2D eigenvalue weighted by Gasteiger charge is 2.03. The number of benzene rings is 2. The van der Waals surface area contributed by atoms with Crippen molar-refractivity contribution in [3.63, 3.8) is 0 Å². The first-order chi connectivity index (χ1) is 10.7. The van der Waals surface area contributed by atoms with Gasteiger partial charge in [0.15, 0.2) is 0 Å². The molecule has 2 aromatic rings. The maximum absolute atomic E-state index is 11.7. The van der Waals surface area contributed by atoms with Crippen LogP contribution in [0, 0.1) is 0 Å². The normalized spacial score (nSPS) is 10.3. The quantitative estimate of drug-likeness (QED) is 0.658. The van der Waals surface area contributed by atoms with Gasteiger partial charge in [0.1, 0.15) is 11.5 Å². The molecule has 0 saturated carbocycles. The Bertz CT molecular complexity index is 657. The number of carbonyl (C=O) groups is 1. The molecule has 22 heavy (non-hydrogen) atoms.